The highest BCUT2D eigenvalue weighted by molar-refractivity contribution is 5.75. The fourth-order valence-corrected chi connectivity index (χ4v) is 0.939. The molecule has 0 rings (SSSR count). The molecule has 0 aromatic carbocycles. The molecule has 5 heteroatoms. The molecule has 0 aliphatic heterocycles. The van der Waals surface area contributed by atoms with Gasteiger partial charge >= 0.3 is 0 Å². The molecule has 0 atom stereocenters. The van der Waals surface area contributed by atoms with Crippen molar-refractivity contribution in [2.45, 2.75) is 6.42 Å². The number of carbonyl (C=O) groups is 1. The van der Waals surface area contributed by atoms with Crippen LogP contribution in [-0.4, -0.2) is 64.8 Å². The van der Waals surface area contributed by atoms with Crippen molar-refractivity contribution in [3.63, 3.8) is 0 Å². The van der Waals surface area contributed by atoms with Crippen LogP contribution in [0.15, 0.2) is 0 Å². The van der Waals surface area contributed by atoms with Crippen molar-refractivity contribution in [1.82, 2.24) is 15.5 Å². The molecule has 2 N–H and O–H groups in total. The Morgan fingerprint density at radius 1 is 1.27 bits per heavy atom. The Kier molecular flexibility index (Phi) is 9.46. The fourth-order valence-electron chi connectivity index (χ4n) is 0.939. The predicted molar refractivity (Wildman–Crippen MR) is 60.9 cm³/mol. The van der Waals surface area contributed by atoms with E-state index in [9.17, 15) is 4.79 Å². The lowest BCUT2D eigenvalue weighted by Crippen LogP contribution is -2.30. The van der Waals surface area contributed by atoms with E-state index in [4.69, 9.17) is 4.74 Å². The monoisotopic (exact) mass is 217 g/mol. The van der Waals surface area contributed by atoms with Gasteiger partial charge in [0.25, 0.3) is 0 Å². The van der Waals surface area contributed by atoms with Gasteiger partial charge < -0.3 is 20.3 Å². The molecule has 0 heterocycles. The second kappa shape index (κ2) is 9.89. The molecule has 0 aromatic rings. The average molecular weight is 217 g/mol. The van der Waals surface area contributed by atoms with Crippen molar-refractivity contribution >= 4 is 5.91 Å². The number of rotatable bonds is 9. The summed E-state index contributed by atoms with van der Waals surface area (Å²) in [5.74, 6) is 0.0700. The summed E-state index contributed by atoms with van der Waals surface area (Å²) in [6.45, 7) is 3.51. The van der Waals surface area contributed by atoms with E-state index in [1.54, 1.807) is 0 Å². The zero-order chi connectivity index (χ0) is 11.5. The highest BCUT2D eigenvalue weighted by Crippen LogP contribution is 1.79. The maximum Gasteiger partial charge on any atom is 0.221 e. The van der Waals surface area contributed by atoms with E-state index in [0.29, 0.717) is 32.7 Å². The number of nitrogens with zero attached hydrogens (tertiary/aromatic N) is 1. The normalized spacial score (nSPS) is 10.7. The lowest BCUT2D eigenvalue weighted by Gasteiger charge is -2.10. The largest absolute Gasteiger partial charge is 0.378 e. The zero-order valence-corrected chi connectivity index (χ0v) is 10.0. The highest BCUT2D eigenvalue weighted by atomic mass is 16.5. The van der Waals surface area contributed by atoms with Gasteiger partial charge in [0.15, 0.2) is 0 Å². The molecule has 0 bridgehead atoms. The molecule has 0 unspecified atom stereocenters. The predicted octanol–water partition coefficient (Wildman–Crippen LogP) is -0.710. The van der Waals surface area contributed by atoms with Gasteiger partial charge in [0, 0.05) is 26.1 Å². The molecule has 0 spiro atoms. The molecule has 0 aliphatic carbocycles. The lowest BCUT2D eigenvalue weighted by molar-refractivity contribution is -0.121. The van der Waals surface area contributed by atoms with Gasteiger partial charge in [-0.3, -0.25) is 4.79 Å². The minimum atomic E-state index is 0.0700. The van der Waals surface area contributed by atoms with Gasteiger partial charge in [0.1, 0.15) is 0 Å². The number of nitrogens with one attached hydrogen (secondary N) is 2. The van der Waals surface area contributed by atoms with Gasteiger partial charge in [-0.2, -0.15) is 0 Å². The standard InChI is InChI=1S/C10H23N3O2/c1-11-5-4-10(14)12-6-8-15-9-7-13(2)3/h11H,4-9H2,1-3H3,(H,12,14). The SMILES string of the molecule is CNCCC(=O)NCCOCCN(C)C. The van der Waals surface area contributed by atoms with Crippen LogP contribution < -0.4 is 10.6 Å². The summed E-state index contributed by atoms with van der Waals surface area (Å²) in [6, 6.07) is 0. The van der Waals surface area contributed by atoms with E-state index >= 15 is 0 Å². The lowest BCUT2D eigenvalue weighted by atomic mass is 10.4. The van der Waals surface area contributed by atoms with Crippen LogP contribution in [0.5, 0.6) is 0 Å². The number of amides is 1. The van der Waals surface area contributed by atoms with Crippen LogP contribution in [0.1, 0.15) is 6.42 Å². The van der Waals surface area contributed by atoms with Crippen LogP contribution in [-0.2, 0) is 9.53 Å². The summed E-state index contributed by atoms with van der Waals surface area (Å²) in [6.07, 6.45) is 0.522. The molecule has 1 amide bonds. The number of hydrogen-bond acceptors (Lipinski definition) is 4. The Morgan fingerprint density at radius 2 is 2.00 bits per heavy atom. The Labute approximate surface area is 92.2 Å². The van der Waals surface area contributed by atoms with Crippen molar-refractivity contribution < 1.29 is 9.53 Å². The first-order chi connectivity index (χ1) is 7.16. The third-order valence-corrected chi connectivity index (χ3v) is 1.85. The molecule has 0 aliphatic rings. The van der Waals surface area contributed by atoms with Gasteiger partial charge in [0.05, 0.1) is 13.2 Å². The maximum atomic E-state index is 11.1. The summed E-state index contributed by atoms with van der Waals surface area (Å²) >= 11 is 0. The van der Waals surface area contributed by atoms with Crippen LogP contribution in [0.3, 0.4) is 0 Å². The van der Waals surface area contributed by atoms with Crippen molar-refractivity contribution in [1.29, 1.82) is 0 Å². The van der Waals surface area contributed by atoms with E-state index in [1.165, 1.54) is 0 Å². The molecular formula is C10H23N3O2. The molecule has 5 nitrogen and oxygen atoms in total. The third-order valence-electron chi connectivity index (χ3n) is 1.85. The van der Waals surface area contributed by atoms with Crippen molar-refractivity contribution in [2.24, 2.45) is 0 Å². The average Bonchev–Trinajstić information content (AvgIpc) is 2.19. The summed E-state index contributed by atoms with van der Waals surface area (Å²) in [5, 5.41) is 5.71. The van der Waals surface area contributed by atoms with E-state index in [1.807, 2.05) is 21.1 Å². The Hall–Kier alpha value is -0.650. The summed E-state index contributed by atoms with van der Waals surface area (Å²) < 4.78 is 5.33. The van der Waals surface area contributed by atoms with Gasteiger partial charge in [-0.05, 0) is 21.1 Å². The van der Waals surface area contributed by atoms with E-state index in [0.717, 1.165) is 6.54 Å². The van der Waals surface area contributed by atoms with E-state index in [-0.39, 0.29) is 5.91 Å². The van der Waals surface area contributed by atoms with Crippen LogP contribution in [0.4, 0.5) is 0 Å². The maximum absolute atomic E-state index is 11.1. The third kappa shape index (κ3) is 11.3. The molecule has 90 valence electrons. The zero-order valence-electron chi connectivity index (χ0n) is 10.0. The number of carbonyl (C=O) groups excluding carboxylic acids is 1. The van der Waals surface area contributed by atoms with Crippen molar-refractivity contribution in [3.05, 3.63) is 0 Å². The highest BCUT2D eigenvalue weighted by Gasteiger charge is 1.98. The first kappa shape index (κ1) is 14.3. The van der Waals surface area contributed by atoms with Crippen LogP contribution in [0, 0.1) is 0 Å². The topological polar surface area (TPSA) is 53.6 Å². The first-order valence-corrected chi connectivity index (χ1v) is 5.30. The van der Waals surface area contributed by atoms with Gasteiger partial charge in [0.2, 0.25) is 5.91 Å². The van der Waals surface area contributed by atoms with Crippen LogP contribution in [0.2, 0.25) is 0 Å². The fraction of sp³-hybridized carbons (Fsp3) is 0.900. The first-order valence-electron chi connectivity index (χ1n) is 5.30. The molecule has 15 heavy (non-hydrogen) atoms. The van der Waals surface area contributed by atoms with Crippen LogP contribution >= 0.6 is 0 Å². The Bertz CT molecular complexity index is 163. The second-order valence-corrected chi connectivity index (χ2v) is 3.62. The van der Waals surface area contributed by atoms with E-state index < -0.39 is 0 Å². The number of hydrogen-bond donors (Lipinski definition) is 2. The van der Waals surface area contributed by atoms with Gasteiger partial charge in [-0.1, -0.05) is 0 Å². The van der Waals surface area contributed by atoms with Crippen LogP contribution in [0.25, 0.3) is 0 Å². The van der Waals surface area contributed by atoms with Gasteiger partial charge in [-0.15, -0.1) is 0 Å². The van der Waals surface area contributed by atoms with Crippen molar-refractivity contribution in [2.75, 3.05) is 54.0 Å². The minimum absolute atomic E-state index is 0.0700. The van der Waals surface area contributed by atoms with Gasteiger partial charge in [-0.25, -0.2) is 0 Å². The smallest absolute Gasteiger partial charge is 0.221 e. The van der Waals surface area contributed by atoms with E-state index in [2.05, 4.69) is 15.5 Å². The summed E-state index contributed by atoms with van der Waals surface area (Å²) in [4.78, 5) is 13.2. The molecule has 0 aromatic heterocycles. The molecule has 0 fully saturated rings. The Balaban J connectivity index is 3.13. The quantitative estimate of drug-likeness (QED) is 0.501. The summed E-state index contributed by atoms with van der Waals surface area (Å²) in [7, 11) is 5.84. The number of likely N-dealkylation sites (N-methyl/N-ethyl adjacent to an activating group) is 1. The molecule has 0 saturated carbocycles. The van der Waals surface area contributed by atoms with Crippen molar-refractivity contribution in [3.8, 4) is 0 Å². The summed E-state index contributed by atoms with van der Waals surface area (Å²) in [5.41, 5.74) is 0. The Morgan fingerprint density at radius 3 is 2.60 bits per heavy atom. The molecular weight excluding hydrogens is 194 g/mol. The molecule has 0 radical (unpaired) electrons. The second-order valence-electron chi connectivity index (χ2n) is 3.62. The molecule has 0 saturated heterocycles. The number of ether oxygens (including phenoxy) is 1. The minimum Gasteiger partial charge on any atom is -0.378 e.